The van der Waals surface area contributed by atoms with Crippen LogP contribution in [0.4, 0.5) is 34.1 Å². The first-order chi connectivity index (χ1) is 54.2. The summed E-state index contributed by atoms with van der Waals surface area (Å²) in [5, 5.41) is 2.14. The van der Waals surface area contributed by atoms with E-state index in [1.165, 1.54) is 22.0 Å². The minimum atomic E-state index is -0.378. The highest BCUT2D eigenvalue weighted by molar-refractivity contribution is 7.00. The van der Waals surface area contributed by atoms with Crippen molar-refractivity contribution < 1.29 is 4.42 Å². The van der Waals surface area contributed by atoms with E-state index in [9.17, 15) is 0 Å². The summed E-state index contributed by atoms with van der Waals surface area (Å²) >= 11 is 0. The number of nitrogens with zero attached hydrogens (tertiary/aromatic N) is 2. The van der Waals surface area contributed by atoms with Gasteiger partial charge in [0.15, 0.2) is 0 Å². The largest absolute Gasteiger partial charge is 0.455 e. The van der Waals surface area contributed by atoms with Gasteiger partial charge >= 0.3 is 0 Å². The Labute approximate surface area is 643 Å². The average molecular weight is 1400 g/mol. The average Bonchev–Trinajstić information content (AvgIpc) is 0.726. The van der Waals surface area contributed by atoms with Crippen molar-refractivity contribution >= 4 is 79.2 Å². The SMILES string of the molecule is CC(C)(C)c1cc2c3c(c1)N(c1c(-c4cccc(-c5ccccc5)c4)cc(-c4ccccc4)cc1-c1cccc4c1oc1ccccc14)c1ccc(-c4ccccc4)cc1B3c1cc(-c3ccccc3)ccc1N2c1c(-c2cccc(-c3ccccc3)c2)cc(-c2ccccc2)cc1-c1cccc(-c2ccccc2)c1. The van der Waals surface area contributed by atoms with Gasteiger partial charge in [0.25, 0.3) is 6.71 Å². The number of benzene rings is 17. The molecule has 0 saturated heterocycles. The zero-order valence-corrected chi connectivity index (χ0v) is 61.5. The Kier molecular flexibility index (Phi) is 16.3. The fourth-order valence-electron chi connectivity index (χ4n) is 17.2. The van der Waals surface area contributed by atoms with Crippen molar-refractivity contribution in [3.8, 4) is 122 Å². The molecule has 18 aromatic rings. The summed E-state index contributed by atoms with van der Waals surface area (Å²) in [5.41, 5.74) is 37.2. The summed E-state index contributed by atoms with van der Waals surface area (Å²) in [6.07, 6.45) is 0. The van der Waals surface area contributed by atoms with E-state index in [-0.39, 0.29) is 12.1 Å². The first-order valence-corrected chi connectivity index (χ1v) is 38.2. The second kappa shape index (κ2) is 27.2. The van der Waals surface area contributed by atoms with Crippen LogP contribution in [0.3, 0.4) is 0 Å². The third-order valence-corrected chi connectivity index (χ3v) is 22.6. The van der Waals surface area contributed by atoms with Crippen LogP contribution in [-0.2, 0) is 5.41 Å². The van der Waals surface area contributed by atoms with E-state index in [0.29, 0.717) is 0 Å². The quantitative estimate of drug-likeness (QED) is 0.107. The maximum Gasteiger partial charge on any atom is 0.252 e. The summed E-state index contributed by atoms with van der Waals surface area (Å²) in [7, 11) is 0. The van der Waals surface area contributed by atoms with Crippen LogP contribution in [0.25, 0.3) is 144 Å². The van der Waals surface area contributed by atoms with Gasteiger partial charge < -0.3 is 14.2 Å². The molecule has 0 atom stereocenters. The van der Waals surface area contributed by atoms with Crippen LogP contribution in [0.2, 0.25) is 0 Å². The van der Waals surface area contributed by atoms with Crippen molar-refractivity contribution in [2.45, 2.75) is 26.2 Å². The van der Waals surface area contributed by atoms with Gasteiger partial charge in [0.2, 0.25) is 0 Å². The van der Waals surface area contributed by atoms with E-state index in [2.05, 4.69) is 431 Å². The van der Waals surface area contributed by atoms with E-state index < -0.39 is 0 Å². The maximum atomic E-state index is 7.30. The van der Waals surface area contributed by atoms with Crippen molar-refractivity contribution in [1.82, 2.24) is 0 Å². The van der Waals surface area contributed by atoms with Crippen LogP contribution in [0.5, 0.6) is 0 Å². The molecule has 20 rings (SSSR count). The normalized spacial score (nSPS) is 12.3. The Balaban J connectivity index is 0.970. The highest BCUT2D eigenvalue weighted by Gasteiger charge is 2.46. The first-order valence-electron chi connectivity index (χ1n) is 38.2. The lowest BCUT2D eigenvalue weighted by atomic mass is 9.33. The van der Waals surface area contributed by atoms with Crippen LogP contribution in [-0.4, -0.2) is 6.71 Å². The van der Waals surface area contributed by atoms with Crippen molar-refractivity contribution in [3.63, 3.8) is 0 Å². The number of para-hydroxylation sites is 2. The van der Waals surface area contributed by atoms with Gasteiger partial charge in [-0.1, -0.05) is 348 Å². The van der Waals surface area contributed by atoms with E-state index in [1.807, 2.05) is 0 Å². The molecule has 4 heteroatoms. The second-order valence-electron chi connectivity index (χ2n) is 30.3. The Morgan fingerprint density at radius 2 is 0.536 bits per heavy atom. The molecular formula is C106H75BN2O. The van der Waals surface area contributed by atoms with Gasteiger partial charge in [-0.25, -0.2) is 0 Å². The zero-order valence-electron chi connectivity index (χ0n) is 61.5. The van der Waals surface area contributed by atoms with E-state index >= 15 is 0 Å². The van der Waals surface area contributed by atoms with E-state index in [1.54, 1.807) is 0 Å². The lowest BCUT2D eigenvalue weighted by Crippen LogP contribution is -2.61. The van der Waals surface area contributed by atoms with Crippen LogP contribution >= 0.6 is 0 Å². The molecule has 0 N–H and O–H groups in total. The molecule has 3 heterocycles. The van der Waals surface area contributed by atoms with Crippen molar-refractivity contribution in [2.75, 3.05) is 9.80 Å². The molecule has 0 fully saturated rings. The number of hydrogen-bond donors (Lipinski definition) is 0. The molecule has 0 spiro atoms. The van der Waals surface area contributed by atoms with Crippen LogP contribution < -0.4 is 26.2 Å². The summed E-state index contributed by atoms with van der Waals surface area (Å²) in [6.45, 7) is 6.86. The van der Waals surface area contributed by atoms with Gasteiger partial charge in [-0.2, -0.15) is 0 Å². The highest BCUT2D eigenvalue weighted by atomic mass is 16.3. The number of hydrogen-bond acceptors (Lipinski definition) is 3. The Bertz CT molecular complexity index is 6440. The molecule has 0 radical (unpaired) electrons. The molecule has 3 nitrogen and oxygen atoms in total. The maximum absolute atomic E-state index is 7.30. The van der Waals surface area contributed by atoms with Gasteiger partial charge in [-0.15, -0.1) is 0 Å². The molecule has 2 aliphatic heterocycles. The van der Waals surface area contributed by atoms with Gasteiger partial charge in [0.1, 0.15) is 11.2 Å². The minimum Gasteiger partial charge on any atom is -0.455 e. The second-order valence-corrected chi connectivity index (χ2v) is 30.3. The molecule has 0 unspecified atom stereocenters. The lowest BCUT2D eigenvalue weighted by molar-refractivity contribution is 0.590. The van der Waals surface area contributed by atoms with E-state index in [4.69, 9.17) is 4.42 Å². The van der Waals surface area contributed by atoms with Crippen molar-refractivity contribution in [1.29, 1.82) is 0 Å². The minimum absolute atomic E-state index is 0.298. The number of furan rings is 1. The van der Waals surface area contributed by atoms with Crippen LogP contribution in [0, 0.1) is 0 Å². The van der Waals surface area contributed by atoms with Crippen LogP contribution in [0.15, 0.2) is 405 Å². The molecule has 110 heavy (non-hydrogen) atoms. The lowest BCUT2D eigenvalue weighted by Gasteiger charge is -2.46. The monoisotopic (exact) mass is 1400 g/mol. The van der Waals surface area contributed by atoms with Gasteiger partial charge in [0.05, 0.1) is 11.4 Å². The number of fused-ring (bicyclic) bond motifs is 7. The fraction of sp³-hybridized carbons (Fsp3) is 0.0377. The predicted molar refractivity (Wildman–Crippen MR) is 466 cm³/mol. The number of rotatable bonds is 13. The smallest absolute Gasteiger partial charge is 0.252 e. The zero-order chi connectivity index (χ0) is 73.4. The standard InChI is InChI=1S/C106H75BN2O/c1-106(2,3)87-68-99-102-100(69-87)109(104-93(84-50-29-47-79(61-84)72-35-15-6-16-36-72)64-86(76-43-23-10-24-44-76)65-94(104)90-53-30-52-89-88-51-25-26-54-101(88)110-105(89)90)98-58-56-81(74-39-19-8-20-40-74)67-96(98)107(102)95-66-80(73-37-17-7-18-38-73)55-57-97(95)108(99)103-91(82-48-27-45-77(59-82)70-31-11-4-12-32-70)62-85(75-41-21-9-22-42-75)63-92(103)83-49-28-46-78(60-83)71-33-13-5-14-34-71/h4-69H,1-3H3. The van der Waals surface area contributed by atoms with E-state index in [0.717, 1.165) is 178 Å². The van der Waals surface area contributed by atoms with Gasteiger partial charge in [0, 0.05) is 61.3 Å². The Hall–Kier alpha value is -13.8. The molecule has 17 aromatic carbocycles. The summed E-state index contributed by atoms with van der Waals surface area (Å²) in [6, 6.07) is 149. The van der Waals surface area contributed by atoms with Crippen molar-refractivity contribution in [2.24, 2.45) is 0 Å². The summed E-state index contributed by atoms with van der Waals surface area (Å²) in [5.74, 6) is 0. The van der Waals surface area contributed by atoms with Gasteiger partial charge in [-0.05, 0) is 195 Å². The third-order valence-electron chi connectivity index (χ3n) is 22.6. The molecular weight excluding hydrogens is 1330 g/mol. The Morgan fingerprint density at radius 1 is 0.227 bits per heavy atom. The first kappa shape index (κ1) is 65.7. The van der Waals surface area contributed by atoms with Gasteiger partial charge in [-0.3, -0.25) is 0 Å². The molecule has 0 bridgehead atoms. The van der Waals surface area contributed by atoms with Crippen LogP contribution in [0.1, 0.15) is 26.3 Å². The molecule has 2 aliphatic rings. The molecule has 1 aromatic heterocycles. The van der Waals surface area contributed by atoms with Crippen molar-refractivity contribution in [3.05, 3.63) is 406 Å². The molecule has 0 aliphatic carbocycles. The summed E-state index contributed by atoms with van der Waals surface area (Å²) < 4.78 is 7.30. The topological polar surface area (TPSA) is 19.6 Å². The highest BCUT2D eigenvalue weighted by Crippen LogP contribution is 2.57. The Morgan fingerprint density at radius 3 is 0.927 bits per heavy atom. The molecule has 0 saturated carbocycles. The number of anilines is 6. The summed E-state index contributed by atoms with van der Waals surface area (Å²) in [4.78, 5) is 5.41. The molecule has 518 valence electrons. The molecule has 0 amide bonds. The predicted octanol–water partition coefficient (Wildman–Crippen LogP) is 27.3. The fourth-order valence-corrected chi connectivity index (χ4v) is 17.2. The third kappa shape index (κ3) is 11.6.